The van der Waals surface area contributed by atoms with Crippen molar-refractivity contribution < 1.29 is 18.7 Å². The molecule has 7 nitrogen and oxygen atoms in total. The van der Waals surface area contributed by atoms with Crippen molar-refractivity contribution in [3.05, 3.63) is 65.6 Å². The third kappa shape index (κ3) is 4.38. The summed E-state index contributed by atoms with van der Waals surface area (Å²) in [7, 11) is 1.35. The van der Waals surface area contributed by atoms with Crippen molar-refractivity contribution in [2.75, 3.05) is 38.3 Å². The van der Waals surface area contributed by atoms with Crippen LogP contribution in [0.5, 0.6) is 0 Å². The minimum absolute atomic E-state index is 0.280. The Labute approximate surface area is 173 Å². The van der Waals surface area contributed by atoms with Gasteiger partial charge in [-0.3, -0.25) is 4.99 Å². The molecule has 4 rings (SSSR count). The molecule has 0 bridgehead atoms. The Bertz CT molecular complexity index is 1040. The van der Waals surface area contributed by atoms with Crippen LogP contribution < -0.4 is 4.90 Å². The summed E-state index contributed by atoms with van der Waals surface area (Å²) in [5.74, 6) is 0.401. The standard InChI is InChI=1S/C22H21FN4O3/c1-29-22(28)19-21(27-10-12-30-13-11-27)26-20(25-19)16-4-8-18(9-5-16)24-14-15-2-6-17(23)7-3-15/h2-9,14H,10-13H2,1H3,(H,25,26). The van der Waals surface area contributed by atoms with Crippen LogP contribution in [-0.2, 0) is 9.47 Å². The maximum absolute atomic E-state index is 13.0. The molecule has 0 amide bonds. The lowest BCUT2D eigenvalue weighted by atomic mass is 10.2. The van der Waals surface area contributed by atoms with Gasteiger partial charge >= 0.3 is 5.97 Å². The highest BCUT2D eigenvalue weighted by atomic mass is 19.1. The largest absolute Gasteiger partial charge is 0.464 e. The first-order valence-corrected chi connectivity index (χ1v) is 9.55. The van der Waals surface area contributed by atoms with Crippen LogP contribution in [0.3, 0.4) is 0 Å². The summed E-state index contributed by atoms with van der Waals surface area (Å²) in [6.45, 7) is 2.49. The predicted molar refractivity (Wildman–Crippen MR) is 112 cm³/mol. The van der Waals surface area contributed by atoms with Gasteiger partial charge in [0.1, 0.15) is 11.6 Å². The van der Waals surface area contributed by atoms with Gasteiger partial charge in [-0.2, -0.15) is 0 Å². The molecule has 8 heteroatoms. The van der Waals surface area contributed by atoms with Crippen molar-refractivity contribution in [2.45, 2.75) is 0 Å². The van der Waals surface area contributed by atoms with Crippen molar-refractivity contribution in [1.29, 1.82) is 0 Å². The number of anilines is 1. The van der Waals surface area contributed by atoms with E-state index in [1.807, 2.05) is 29.2 Å². The van der Waals surface area contributed by atoms with Gasteiger partial charge in [-0.05, 0) is 42.0 Å². The molecule has 1 N–H and O–H groups in total. The fraction of sp³-hybridized carbons (Fsp3) is 0.227. The van der Waals surface area contributed by atoms with Gasteiger partial charge < -0.3 is 19.4 Å². The van der Waals surface area contributed by atoms with Gasteiger partial charge in [-0.1, -0.05) is 12.1 Å². The first-order valence-electron chi connectivity index (χ1n) is 9.55. The zero-order chi connectivity index (χ0) is 20.9. The van der Waals surface area contributed by atoms with Crippen LogP contribution in [-0.4, -0.2) is 55.6 Å². The van der Waals surface area contributed by atoms with E-state index in [2.05, 4.69) is 15.0 Å². The number of esters is 1. The highest BCUT2D eigenvalue weighted by Crippen LogP contribution is 2.27. The number of rotatable bonds is 5. The van der Waals surface area contributed by atoms with Gasteiger partial charge in [0.2, 0.25) is 0 Å². The number of hydrogen-bond acceptors (Lipinski definition) is 6. The van der Waals surface area contributed by atoms with E-state index in [1.165, 1.54) is 19.2 Å². The number of aromatic nitrogens is 2. The van der Waals surface area contributed by atoms with E-state index < -0.39 is 5.97 Å². The van der Waals surface area contributed by atoms with Crippen molar-refractivity contribution in [3.63, 3.8) is 0 Å². The molecule has 1 aliphatic heterocycles. The number of morpholine rings is 1. The van der Waals surface area contributed by atoms with E-state index in [0.717, 1.165) is 16.8 Å². The predicted octanol–water partition coefficient (Wildman–Crippen LogP) is 3.59. The number of nitrogens with zero attached hydrogens (tertiary/aromatic N) is 3. The van der Waals surface area contributed by atoms with Gasteiger partial charge in [0, 0.05) is 24.9 Å². The molecule has 154 valence electrons. The van der Waals surface area contributed by atoms with Crippen LogP contribution in [0, 0.1) is 5.82 Å². The first kappa shape index (κ1) is 19.8. The quantitative estimate of drug-likeness (QED) is 0.516. The number of imidazole rings is 1. The van der Waals surface area contributed by atoms with Crippen LogP contribution in [0.1, 0.15) is 16.1 Å². The van der Waals surface area contributed by atoms with Gasteiger partial charge in [0.25, 0.3) is 0 Å². The number of aromatic amines is 1. The molecule has 1 fully saturated rings. The fourth-order valence-electron chi connectivity index (χ4n) is 3.15. The fourth-order valence-corrected chi connectivity index (χ4v) is 3.15. The molecule has 0 radical (unpaired) electrons. The Morgan fingerprint density at radius 1 is 1.17 bits per heavy atom. The number of hydrogen-bond donors (Lipinski definition) is 1. The summed E-state index contributed by atoms with van der Waals surface area (Å²) in [5.41, 5.74) is 2.70. The normalized spacial score (nSPS) is 14.3. The number of benzene rings is 2. The molecular weight excluding hydrogens is 387 g/mol. The molecule has 0 aliphatic carbocycles. The molecule has 2 aromatic carbocycles. The van der Waals surface area contributed by atoms with Gasteiger partial charge in [-0.15, -0.1) is 0 Å². The molecule has 2 heterocycles. The van der Waals surface area contributed by atoms with E-state index in [1.54, 1.807) is 18.3 Å². The summed E-state index contributed by atoms with van der Waals surface area (Å²) in [6, 6.07) is 13.6. The molecule has 0 saturated carbocycles. The van der Waals surface area contributed by atoms with E-state index in [-0.39, 0.29) is 5.82 Å². The Kier molecular flexibility index (Phi) is 5.85. The SMILES string of the molecule is COC(=O)c1[nH]c(-c2ccc(N=Cc3ccc(F)cc3)cc2)nc1N1CCOCC1. The van der Waals surface area contributed by atoms with E-state index in [9.17, 15) is 9.18 Å². The molecule has 1 aliphatic rings. The maximum Gasteiger partial charge on any atom is 0.358 e. The number of methoxy groups -OCH3 is 1. The van der Waals surface area contributed by atoms with E-state index in [4.69, 9.17) is 9.47 Å². The van der Waals surface area contributed by atoms with Crippen LogP contribution in [0.2, 0.25) is 0 Å². The first-order chi connectivity index (χ1) is 14.6. The second-order valence-corrected chi connectivity index (χ2v) is 6.73. The lowest BCUT2D eigenvalue weighted by molar-refractivity contribution is 0.0594. The summed E-state index contributed by atoms with van der Waals surface area (Å²) >= 11 is 0. The smallest absolute Gasteiger partial charge is 0.358 e. The molecule has 3 aromatic rings. The lowest BCUT2D eigenvalue weighted by Gasteiger charge is -2.27. The zero-order valence-corrected chi connectivity index (χ0v) is 16.5. The number of carbonyl (C=O) groups excluding carboxylic acids is 1. The summed E-state index contributed by atoms with van der Waals surface area (Å²) in [6.07, 6.45) is 1.67. The number of ether oxygens (including phenoxy) is 2. The topological polar surface area (TPSA) is 79.8 Å². The second-order valence-electron chi connectivity index (χ2n) is 6.73. The number of halogens is 1. The van der Waals surface area contributed by atoms with Crippen molar-refractivity contribution in [1.82, 2.24) is 9.97 Å². The number of H-pyrrole nitrogens is 1. The highest BCUT2D eigenvalue weighted by Gasteiger charge is 2.24. The second kappa shape index (κ2) is 8.87. The zero-order valence-electron chi connectivity index (χ0n) is 16.5. The number of aliphatic imine (C=N–C) groups is 1. The molecular formula is C22H21FN4O3. The van der Waals surface area contributed by atoms with Gasteiger partial charge in [0.15, 0.2) is 11.5 Å². The number of nitrogens with one attached hydrogen (secondary N) is 1. The molecule has 0 unspecified atom stereocenters. The average Bonchev–Trinajstić information content (AvgIpc) is 3.25. The number of carbonyl (C=O) groups is 1. The molecule has 1 saturated heterocycles. The van der Waals surface area contributed by atoms with Crippen molar-refractivity contribution in [3.8, 4) is 11.4 Å². The van der Waals surface area contributed by atoms with Crippen molar-refractivity contribution in [2.24, 2.45) is 4.99 Å². The minimum atomic E-state index is -0.462. The summed E-state index contributed by atoms with van der Waals surface area (Å²) < 4.78 is 23.3. The third-order valence-corrected chi connectivity index (χ3v) is 4.76. The average molecular weight is 408 g/mol. The summed E-state index contributed by atoms with van der Waals surface area (Å²) in [5, 5.41) is 0. The minimum Gasteiger partial charge on any atom is -0.464 e. The lowest BCUT2D eigenvalue weighted by Crippen LogP contribution is -2.37. The Balaban J connectivity index is 1.56. The molecule has 0 spiro atoms. The third-order valence-electron chi connectivity index (χ3n) is 4.76. The Morgan fingerprint density at radius 3 is 2.53 bits per heavy atom. The van der Waals surface area contributed by atoms with Crippen LogP contribution >= 0.6 is 0 Å². The molecule has 30 heavy (non-hydrogen) atoms. The van der Waals surface area contributed by atoms with Crippen LogP contribution in [0.15, 0.2) is 53.5 Å². The van der Waals surface area contributed by atoms with Gasteiger partial charge in [0.05, 0.1) is 26.0 Å². The Hall–Kier alpha value is -3.52. The van der Waals surface area contributed by atoms with E-state index >= 15 is 0 Å². The maximum atomic E-state index is 13.0. The van der Waals surface area contributed by atoms with E-state index in [0.29, 0.717) is 43.6 Å². The van der Waals surface area contributed by atoms with Crippen LogP contribution in [0.25, 0.3) is 11.4 Å². The monoisotopic (exact) mass is 408 g/mol. The summed E-state index contributed by atoms with van der Waals surface area (Å²) in [4.78, 5) is 26.4. The van der Waals surface area contributed by atoms with Gasteiger partial charge in [-0.25, -0.2) is 14.2 Å². The highest BCUT2D eigenvalue weighted by molar-refractivity contribution is 5.94. The molecule has 1 aromatic heterocycles. The molecule has 0 atom stereocenters. The van der Waals surface area contributed by atoms with Crippen LogP contribution in [0.4, 0.5) is 15.9 Å². The van der Waals surface area contributed by atoms with Crippen molar-refractivity contribution >= 4 is 23.7 Å². The Morgan fingerprint density at radius 2 is 1.87 bits per heavy atom.